The van der Waals surface area contributed by atoms with Crippen LogP contribution in [-0.2, 0) is 4.74 Å². The van der Waals surface area contributed by atoms with Crippen molar-refractivity contribution >= 4 is 19.2 Å². The van der Waals surface area contributed by atoms with Gasteiger partial charge >= 0.3 is 6.09 Å². The average molecular weight is 343 g/mol. The molecule has 2 fully saturated rings. The molecule has 2 aliphatic rings. The van der Waals surface area contributed by atoms with E-state index < -0.39 is 5.87 Å². The predicted octanol–water partition coefficient (Wildman–Crippen LogP) is 4.20. The third-order valence-electron chi connectivity index (χ3n) is 5.46. The molecule has 3 rings (SSSR count). The van der Waals surface area contributed by atoms with Gasteiger partial charge in [-0.1, -0.05) is 68.3 Å². The lowest BCUT2D eigenvalue weighted by molar-refractivity contribution is 0.126. The molecular weight excluding hydrogens is 317 g/mol. The fraction of sp³-hybridized carbons (Fsp3) is 0.579. The maximum absolute atomic E-state index is 12.4. The number of carboxylic acid groups (broad SMARTS) is 1. The van der Waals surface area contributed by atoms with Crippen LogP contribution < -0.4 is 0 Å². The highest BCUT2D eigenvalue weighted by Gasteiger charge is 2.36. The molecule has 1 aliphatic heterocycles. The summed E-state index contributed by atoms with van der Waals surface area (Å²) in [5.74, 6) is -0.423. The van der Waals surface area contributed by atoms with Crippen LogP contribution in [0, 0.1) is 0 Å². The number of rotatable bonds is 4. The summed E-state index contributed by atoms with van der Waals surface area (Å²) in [7, 11) is 0.270. The van der Waals surface area contributed by atoms with Crippen LogP contribution in [0.3, 0.4) is 0 Å². The van der Waals surface area contributed by atoms with Gasteiger partial charge in [0.05, 0.1) is 6.54 Å². The quantitative estimate of drug-likeness (QED) is 0.832. The summed E-state index contributed by atoms with van der Waals surface area (Å²) in [6.07, 6.45) is 6.51. The topological polar surface area (TPSA) is 66.8 Å². The molecule has 1 N–H and O–H groups in total. The SMILES string of the molecule is O=C(O)BC1CCCCC(N2CC(c3ccccc3)OC2=O)CCC1. The monoisotopic (exact) mass is 343 g/mol. The number of carbonyl (C=O) groups is 2. The van der Waals surface area contributed by atoms with Crippen LogP contribution in [0.2, 0.25) is 5.82 Å². The first-order chi connectivity index (χ1) is 12.1. The van der Waals surface area contributed by atoms with Gasteiger partial charge < -0.3 is 14.7 Å². The van der Waals surface area contributed by atoms with Gasteiger partial charge in [-0.2, -0.15) is 0 Å². The molecule has 25 heavy (non-hydrogen) atoms. The smallest absolute Gasteiger partial charge is 0.410 e. The van der Waals surface area contributed by atoms with E-state index in [0.29, 0.717) is 6.54 Å². The van der Waals surface area contributed by atoms with Gasteiger partial charge in [-0.3, -0.25) is 4.79 Å². The molecule has 1 saturated heterocycles. The van der Waals surface area contributed by atoms with E-state index in [4.69, 9.17) is 9.84 Å². The van der Waals surface area contributed by atoms with Crippen molar-refractivity contribution in [2.75, 3.05) is 6.54 Å². The minimum absolute atomic E-state index is 0.180. The second-order valence-corrected chi connectivity index (χ2v) is 7.27. The highest BCUT2D eigenvalue weighted by Crippen LogP contribution is 2.32. The first kappa shape index (κ1) is 17.8. The Morgan fingerprint density at radius 2 is 1.76 bits per heavy atom. The molecule has 134 valence electrons. The molecule has 0 spiro atoms. The van der Waals surface area contributed by atoms with E-state index in [1.54, 1.807) is 0 Å². The highest BCUT2D eigenvalue weighted by atomic mass is 16.6. The minimum Gasteiger partial charge on any atom is -0.489 e. The third-order valence-corrected chi connectivity index (χ3v) is 5.46. The Bertz CT molecular complexity index is 594. The molecule has 1 amide bonds. The lowest BCUT2D eigenvalue weighted by Gasteiger charge is -2.25. The van der Waals surface area contributed by atoms with E-state index in [-0.39, 0.29) is 31.3 Å². The van der Waals surface area contributed by atoms with E-state index in [9.17, 15) is 9.59 Å². The zero-order valence-electron chi connectivity index (χ0n) is 14.6. The normalized spacial score (nSPS) is 27.8. The molecule has 0 bridgehead atoms. The van der Waals surface area contributed by atoms with Crippen molar-refractivity contribution in [2.45, 2.75) is 62.9 Å². The van der Waals surface area contributed by atoms with Crippen molar-refractivity contribution in [3.05, 3.63) is 35.9 Å². The van der Waals surface area contributed by atoms with Crippen LogP contribution in [0.4, 0.5) is 9.59 Å². The summed E-state index contributed by atoms with van der Waals surface area (Å²) in [6, 6.07) is 10.1. The van der Waals surface area contributed by atoms with E-state index in [0.717, 1.165) is 50.5 Å². The highest BCUT2D eigenvalue weighted by molar-refractivity contribution is 6.72. The Labute approximate surface area is 149 Å². The maximum Gasteiger partial charge on any atom is 0.410 e. The molecule has 0 aromatic heterocycles. The predicted molar refractivity (Wildman–Crippen MR) is 97.4 cm³/mol. The van der Waals surface area contributed by atoms with Gasteiger partial charge in [0.2, 0.25) is 5.87 Å². The molecule has 0 radical (unpaired) electrons. The Balaban J connectivity index is 1.59. The molecule has 1 aliphatic carbocycles. The Morgan fingerprint density at radius 1 is 1.08 bits per heavy atom. The summed E-state index contributed by atoms with van der Waals surface area (Å²) in [5, 5.41) is 9.03. The summed E-state index contributed by atoms with van der Waals surface area (Å²) >= 11 is 0. The van der Waals surface area contributed by atoms with Gasteiger partial charge in [0.15, 0.2) is 0 Å². The molecule has 3 atom stereocenters. The second-order valence-electron chi connectivity index (χ2n) is 7.27. The van der Waals surface area contributed by atoms with Crippen molar-refractivity contribution in [3.63, 3.8) is 0 Å². The van der Waals surface area contributed by atoms with Crippen molar-refractivity contribution in [2.24, 2.45) is 0 Å². The second kappa shape index (κ2) is 8.41. The summed E-state index contributed by atoms with van der Waals surface area (Å²) in [4.78, 5) is 25.2. The van der Waals surface area contributed by atoms with Gasteiger partial charge in [-0.25, -0.2) is 4.79 Å². The summed E-state index contributed by atoms with van der Waals surface area (Å²) in [6.45, 7) is 0.617. The van der Waals surface area contributed by atoms with Gasteiger partial charge in [0.1, 0.15) is 6.10 Å². The number of amides is 1. The number of hydrogen-bond donors (Lipinski definition) is 1. The molecule has 1 heterocycles. The van der Waals surface area contributed by atoms with Crippen molar-refractivity contribution in [1.82, 2.24) is 4.90 Å². The van der Waals surface area contributed by atoms with Crippen molar-refractivity contribution in [3.8, 4) is 0 Å². The van der Waals surface area contributed by atoms with E-state index in [1.165, 1.54) is 0 Å². The first-order valence-corrected chi connectivity index (χ1v) is 9.37. The van der Waals surface area contributed by atoms with Crippen LogP contribution in [0.15, 0.2) is 30.3 Å². The lowest BCUT2D eigenvalue weighted by Crippen LogP contribution is -2.36. The summed E-state index contributed by atoms with van der Waals surface area (Å²) < 4.78 is 5.60. The molecule has 3 unspecified atom stereocenters. The molecule has 5 nitrogen and oxygen atoms in total. The number of cyclic esters (lactones) is 1. The number of nitrogens with zero attached hydrogens (tertiary/aromatic N) is 1. The van der Waals surface area contributed by atoms with Crippen LogP contribution in [0.25, 0.3) is 0 Å². The van der Waals surface area contributed by atoms with Crippen molar-refractivity contribution in [1.29, 1.82) is 0 Å². The Hall–Kier alpha value is -1.98. The fourth-order valence-electron chi connectivity index (χ4n) is 4.13. The molecule has 1 aromatic carbocycles. The van der Waals surface area contributed by atoms with Gasteiger partial charge in [0.25, 0.3) is 7.28 Å². The zero-order valence-corrected chi connectivity index (χ0v) is 14.6. The number of carbonyl (C=O) groups excluding carboxylic acids is 1. The summed E-state index contributed by atoms with van der Waals surface area (Å²) in [5.41, 5.74) is 1.04. The third kappa shape index (κ3) is 4.77. The standard InChI is InChI=1S/C19H26BNO4/c22-18(23)20-15-9-4-5-11-16(12-6-10-15)21-13-17(25-19(21)24)14-7-2-1-3-8-14/h1-3,7-8,15-17,20H,4-6,9-13H2,(H,22,23). The van der Waals surface area contributed by atoms with Gasteiger partial charge in [0, 0.05) is 6.04 Å². The van der Waals surface area contributed by atoms with Crippen molar-refractivity contribution < 1.29 is 19.4 Å². The number of ether oxygens (including phenoxy) is 1. The van der Waals surface area contributed by atoms with E-state index in [1.807, 2.05) is 35.2 Å². The van der Waals surface area contributed by atoms with Crippen LogP contribution in [0.5, 0.6) is 0 Å². The van der Waals surface area contributed by atoms with Crippen LogP contribution in [-0.4, -0.2) is 41.8 Å². The van der Waals surface area contributed by atoms with Gasteiger partial charge in [-0.05, 0) is 18.4 Å². The van der Waals surface area contributed by atoms with Crippen LogP contribution in [0.1, 0.15) is 56.6 Å². The average Bonchev–Trinajstić information content (AvgIpc) is 3.02. The Kier molecular flexibility index (Phi) is 6.00. The molecular formula is C19H26BNO4. The number of hydrogen-bond acceptors (Lipinski definition) is 3. The fourth-order valence-corrected chi connectivity index (χ4v) is 4.13. The Morgan fingerprint density at radius 3 is 2.52 bits per heavy atom. The molecule has 6 heteroatoms. The maximum atomic E-state index is 12.4. The first-order valence-electron chi connectivity index (χ1n) is 9.37. The largest absolute Gasteiger partial charge is 0.489 e. The zero-order chi connectivity index (χ0) is 17.6. The lowest BCUT2D eigenvalue weighted by atomic mass is 9.61. The number of benzene rings is 1. The van der Waals surface area contributed by atoms with Gasteiger partial charge in [-0.15, -0.1) is 0 Å². The molecule has 1 saturated carbocycles. The van der Waals surface area contributed by atoms with E-state index >= 15 is 0 Å². The molecule has 1 aromatic rings. The van der Waals surface area contributed by atoms with Crippen LogP contribution >= 0.6 is 0 Å². The van der Waals surface area contributed by atoms with E-state index in [2.05, 4.69) is 0 Å². The minimum atomic E-state index is -0.699.